The van der Waals surface area contributed by atoms with Crippen molar-refractivity contribution in [3.8, 4) is 11.5 Å². The lowest BCUT2D eigenvalue weighted by Crippen LogP contribution is -2.13. The van der Waals surface area contributed by atoms with E-state index in [-0.39, 0.29) is 17.0 Å². The van der Waals surface area contributed by atoms with E-state index in [4.69, 9.17) is 9.47 Å². The topological polar surface area (TPSA) is 52.6 Å². The molecular formula is C27H23BrO4. The number of ketones is 1. The maximum absolute atomic E-state index is 12.8. The van der Waals surface area contributed by atoms with Crippen molar-refractivity contribution in [3.63, 3.8) is 0 Å². The fraction of sp³-hybridized carbons (Fsp3) is 0.185. The Morgan fingerprint density at radius 3 is 2.34 bits per heavy atom. The molecule has 1 aliphatic heterocycles. The number of ether oxygens (including phenoxy) is 2. The summed E-state index contributed by atoms with van der Waals surface area (Å²) >= 11 is 3.48. The molecule has 0 saturated carbocycles. The Hall–Kier alpha value is -3.18. The molecule has 5 heteroatoms. The van der Waals surface area contributed by atoms with Gasteiger partial charge in [0, 0.05) is 10.0 Å². The van der Waals surface area contributed by atoms with Crippen LogP contribution in [0.4, 0.5) is 0 Å². The molecule has 0 aliphatic carbocycles. The zero-order valence-electron chi connectivity index (χ0n) is 18.4. The highest BCUT2D eigenvalue weighted by Crippen LogP contribution is 2.40. The highest BCUT2D eigenvalue weighted by Gasteiger charge is 2.30. The van der Waals surface area contributed by atoms with Gasteiger partial charge in [-0.25, -0.2) is 4.79 Å². The second-order valence-electron chi connectivity index (χ2n) is 8.74. The molecule has 0 radical (unpaired) electrons. The van der Waals surface area contributed by atoms with Gasteiger partial charge >= 0.3 is 5.97 Å². The van der Waals surface area contributed by atoms with Crippen LogP contribution in [0.3, 0.4) is 0 Å². The van der Waals surface area contributed by atoms with Gasteiger partial charge in [0.1, 0.15) is 11.5 Å². The number of carbonyl (C=O) groups excluding carboxylic acids is 2. The number of benzene rings is 3. The van der Waals surface area contributed by atoms with Crippen molar-refractivity contribution in [1.29, 1.82) is 0 Å². The quantitative estimate of drug-likeness (QED) is 0.228. The monoisotopic (exact) mass is 490 g/mol. The number of allylic oxidation sites excluding steroid dienone is 1. The molecule has 0 spiro atoms. The number of halogens is 1. The van der Waals surface area contributed by atoms with Gasteiger partial charge in [0.05, 0.1) is 11.1 Å². The summed E-state index contributed by atoms with van der Waals surface area (Å²) in [6, 6.07) is 18.3. The first-order valence-corrected chi connectivity index (χ1v) is 11.1. The van der Waals surface area contributed by atoms with Gasteiger partial charge < -0.3 is 9.47 Å². The largest absolute Gasteiger partial charge is 0.452 e. The Balaban J connectivity index is 1.58. The van der Waals surface area contributed by atoms with Gasteiger partial charge in [0.25, 0.3) is 0 Å². The highest BCUT2D eigenvalue weighted by molar-refractivity contribution is 9.10. The van der Waals surface area contributed by atoms with Crippen LogP contribution >= 0.6 is 15.9 Å². The molecule has 4 rings (SSSR count). The van der Waals surface area contributed by atoms with E-state index < -0.39 is 5.97 Å². The first-order chi connectivity index (χ1) is 15.1. The number of Topliss-reactive ketones (excluding diaryl/α,β-unsaturated/α-hetero) is 1. The van der Waals surface area contributed by atoms with Gasteiger partial charge in [-0.15, -0.1) is 0 Å². The standard InChI is InChI=1S/C27H23BrO4/c1-16-22(32-26(30)17-9-11-19(12-10-17)27(2,3)4)14-13-20-24(29)23(31-25(16)20)15-18-7-5-6-8-21(18)28/h5-15H,1-4H3/b23-15-. The van der Waals surface area contributed by atoms with E-state index in [0.717, 1.165) is 15.6 Å². The van der Waals surface area contributed by atoms with E-state index in [2.05, 4.69) is 36.7 Å². The van der Waals surface area contributed by atoms with Crippen molar-refractivity contribution < 1.29 is 19.1 Å². The van der Waals surface area contributed by atoms with Gasteiger partial charge in [-0.1, -0.05) is 67.0 Å². The number of esters is 1. The summed E-state index contributed by atoms with van der Waals surface area (Å²) in [4.78, 5) is 25.5. The van der Waals surface area contributed by atoms with Crippen LogP contribution in [0.15, 0.2) is 70.9 Å². The summed E-state index contributed by atoms with van der Waals surface area (Å²) in [5, 5.41) is 0. The fourth-order valence-corrected chi connectivity index (χ4v) is 3.88. The minimum Gasteiger partial charge on any atom is -0.452 e. The van der Waals surface area contributed by atoms with Gasteiger partial charge in [-0.05, 0) is 59.9 Å². The minimum absolute atomic E-state index is 0.00342. The van der Waals surface area contributed by atoms with E-state index in [9.17, 15) is 9.59 Å². The van der Waals surface area contributed by atoms with E-state index in [1.807, 2.05) is 36.4 Å². The van der Waals surface area contributed by atoms with Crippen molar-refractivity contribution in [1.82, 2.24) is 0 Å². The molecule has 0 bridgehead atoms. The smallest absolute Gasteiger partial charge is 0.343 e. The predicted molar refractivity (Wildman–Crippen MR) is 128 cm³/mol. The minimum atomic E-state index is -0.457. The summed E-state index contributed by atoms with van der Waals surface area (Å²) < 4.78 is 12.4. The zero-order chi connectivity index (χ0) is 23.0. The first-order valence-electron chi connectivity index (χ1n) is 10.3. The molecule has 1 heterocycles. The maximum atomic E-state index is 12.8. The van der Waals surface area contributed by atoms with Gasteiger partial charge in [0.2, 0.25) is 5.78 Å². The lowest BCUT2D eigenvalue weighted by molar-refractivity contribution is 0.0733. The van der Waals surface area contributed by atoms with Crippen LogP contribution in [0.1, 0.15) is 58.2 Å². The number of carbonyl (C=O) groups is 2. The average Bonchev–Trinajstić information content (AvgIpc) is 3.07. The number of hydrogen-bond acceptors (Lipinski definition) is 4. The molecule has 0 aromatic heterocycles. The van der Waals surface area contributed by atoms with Crippen LogP contribution in [0, 0.1) is 6.92 Å². The Bertz CT molecular complexity index is 1250. The molecule has 0 saturated heterocycles. The second kappa shape index (κ2) is 8.40. The lowest BCUT2D eigenvalue weighted by Gasteiger charge is -2.19. The van der Waals surface area contributed by atoms with Crippen LogP contribution < -0.4 is 9.47 Å². The van der Waals surface area contributed by atoms with E-state index in [1.165, 1.54) is 0 Å². The molecule has 0 N–H and O–H groups in total. The highest BCUT2D eigenvalue weighted by atomic mass is 79.9. The van der Waals surface area contributed by atoms with Crippen LogP contribution in [0.5, 0.6) is 11.5 Å². The summed E-state index contributed by atoms with van der Waals surface area (Å²) in [6.07, 6.45) is 1.70. The predicted octanol–water partition coefficient (Wildman–Crippen LogP) is 6.89. The number of hydrogen-bond donors (Lipinski definition) is 0. The Morgan fingerprint density at radius 2 is 1.69 bits per heavy atom. The lowest BCUT2D eigenvalue weighted by atomic mass is 9.87. The number of fused-ring (bicyclic) bond motifs is 1. The normalized spacial score (nSPS) is 14.3. The molecular weight excluding hydrogens is 468 g/mol. The molecule has 0 atom stereocenters. The molecule has 1 aliphatic rings. The van der Waals surface area contributed by atoms with Crippen LogP contribution in [0.2, 0.25) is 0 Å². The van der Waals surface area contributed by atoms with Crippen LogP contribution in [-0.4, -0.2) is 11.8 Å². The SMILES string of the molecule is Cc1c(OC(=O)c2ccc(C(C)(C)C)cc2)ccc2c1O/C(=C\c1ccccc1Br)C2=O. The average molecular weight is 491 g/mol. The molecule has 0 amide bonds. The molecule has 3 aromatic rings. The van der Waals surface area contributed by atoms with Gasteiger partial charge in [-0.3, -0.25) is 4.79 Å². The summed E-state index contributed by atoms with van der Waals surface area (Å²) in [6.45, 7) is 8.14. The van der Waals surface area contributed by atoms with Crippen molar-refractivity contribution >= 4 is 33.8 Å². The van der Waals surface area contributed by atoms with Crippen LogP contribution in [-0.2, 0) is 5.41 Å². The fourth-order valence-electron chi connectivity index (χ4n) is 3.48. The maximum Gasteiger partial charge on any atom is 0.343 e. The van der Waals surface area contributed by atoms with E-state index in [1.54, 1.807) is 37.3 Å². The van der Waals surface area contributed by atoms with Gasteiger partial charge in [0.15, 0.2) is 5.76 Å². The number of rotatable bonds is 3. The first kappa shape index (κ1) is 22.0. The summed E-state index contributed by atoms with van der Waals surface area (Å²) in [5.74, 6) is 0.359. The Morgan fingerprint density at radius 1 is 1.00 bits per heavy atom. The van der Waals surface area contributed by atoms with E-state index in [0.29, 0.717) is 28.2 Å². The Kier molecular flexibility index (Phi) is 5.78. The third-order valence-corrected chi connectivity index (χ3v) is 6.14. The molecule has 0 unspecified atom stereocenters. The Labute approximate surface area is 196 Å². The van der Waals surface area contributed by atoms with E-state index >= 15 is 0 Å². The third-order valence-electron chi connectivity index (χ3n) is 5.42. The summed E-state index contributed by atoms with van der Waals surface area (Å²) in [5.41, 5.74) is 3.50. The van der Waals surface area contributed by atoms with Crippen molar-refractivity contribution in [2.45, 2.75) is 33.1 Å². The van der Waals surface area contributed by atoms with Crippen LogP contribution in [0.25, 0.3) is 6.08 Å². The molecule has 32 heavy (non-hydrogen) atoms. The molecule has 162 valence electrons. The van der Waals surface area contributed by atoms with Crippen molar-refractivity contribution in [3.05, 3.63) is 98.7 Å². The van der Waals surface area contributed by atoms with Crippen molar-refractivity contribution in [2.75, 3.05) is 0 Å². The second-order valence-corrected chi connectivity index (χ2v) is 9.60. The third kappa shape index (κ3) is 4.26. The molecule has 3 aromatic carbocycles. The molecule has 0 fully saturated rings. The van der Waals surface area contributed by atoms with Crippen molar-refractivity contribution in [2.24, 2.45) is 0 Å². The van der Waals surface area contributed by atoms with Gasteiger partial charge in [-0.2, -0.15) is 0 Å². The zero-order valence-corrected chi connectivity index (χ0v) is 19.9. The summed E-state index contributed by atoms with van der Waals surface area (Å²) in [7, 11) is 0. The molecule has 4 nitrogen and oxygen atoms in total.